The number of carbonyl (C=O) groups excluding carboxylic acids is 2. The molecule has 1 aliphatic rings. The third kappa shape index (κ3) is 6.09. The first-order valence-electron chi connectivity index (χ1n) is 9.84. The number of carbonyl (C=O) groups is 2. The molecule has 2 aromatic rings. The Morgan fingerprint density at radius 1 is 0.893 bits per heavy atom. The van der Waals surface area contributed by atoms with Crippen molar-refractivity contribution in [2.75, 3.05) is 29.0 Å². The largest absolute Gasteiger partial charge is 0.326 e. The monoisotopic (exact) mass is 380 g/mol. The highest BCUT2D eigenvalue weighted by atomic mass is 16.2. The van der Waals surface area contributed by atoms with Crippen LogP contribution < -0.4 is 21.3 Å². The van der Waals surface area contributed by atoms with Crippen LogP contribution in [0.25, 0.3) is 0 Å². The minimum absolute atomic E-state index is 0.0357. The molecular weight excluding hydrogens is 352 g/mol. The maximum Gasteiger partial charge on any atom is 0.323 e. The van der Waals surface area contributed by atoms with E-state index in [1.165, 1.54) is 0 Å². The highest BCUT2D eigenvalue weighted by Gasteiger charge is 2.22. The zero-order valence-corrected chi connectivity index (χ0v) is 16.2. The first kappa shape index (κ1) is 19.9. The molecule has 0 aromatic heterocycles. The Morgan fingerprint density at radius 2 is 1.43 bits per heavy atom. The summed E-state index contributed by atoms with van der Waals surface area (Å²) in [7, 11) is 0. The third-order valence-electron chi connectivity index (χ3n) is 5.15. The Kier molecular flexibility index (Phi) is 7.03. The maximum absolute atomic E-state index is 12.3. The summed E-state index contributed by atoms with van der Waals surface area (Å²) in [6.07, 6.45) is 2.81. The molecule has 1 fully saturated rings. The molecule has 6 nitrogen and oxygen atoms in total. The van der Waals surface area contributed by atoms with Gasteiger partial charge in [0.2, 0.25) is 5.91 Å². The number of nitrogens with one attached hydrogen (secondary N) is 4. The summed E-state index contributed by atoms with van der Waals surface area (Å²) >= 11 is 0. The topological polar surface area (TPSA) is 82.3 Å². The maximum atomic E-state index is 12.3. The van der Waals surface area contributed by atoms with E-state index in [1.807, 2.05) is 30.3 Å². The molecule has 1 atom stereocenters. The highest BCUT2D eigenvalue weighted by Crippen LogP contribution is 2.25. The van der Waals surface area contributed by atoms with Gasteiger partial charge in [0.15, 0.2) is 0 Å². The quantitative estimate of drug-likeness (QED) is 0.603. The highest BCUT2D eigenvalue weighted by molar-refractivity contribution is 6.00. The summed E-state index contributed by atoms with van der Waals surface area (Å²) in [6.45, 7) is 4.25. The van der Waals surface area contributed by atoms with E-state index >= 15 is 0 Å². The summed E-state index contributed by atoms with van der Waals surface area (Å²) in [5, 5.41) is 11.9. The SMILES string of the molecule is CC(CC(=O)Nc1ccc(NC(=O)Nc2ccccc2)cc1)C1CCNCC1. The normalized spacial score (nSPS) is 15.5. The lowest BCUT2D eigenvalue weighted by Gasteiger charge is -2.27. The Bertz CT molecular complexity index is 771. The number of hydrogen-bond acceptors (Lipinski definition) is 3. The van der Waals surface area contributed by atoms with Gasteiger partial charge in [-0.1, -0.05) is 25.1 Å². The van der Waals surface area contributed by atoms with Gasteiger partial charge in [-0.15, -0.1) is 0 Å². The molecule has 0 aliphatic carbocycles. The summed E-state index contributed by atoms with van der Waals surface area (Å²) in [4.78, 5) is 24.3. The van der Waals surface area contributed by atoms with E-state index in [2.05, 4.69) is 28.2 Å². The minimum Gasteiger partial charge on any atom is -0.326 e. The van der Waals surface area contributed by atoms with Gasteiger partial charge in [-0.25, -0.2) is 4.79 Å². The second kappa shape index (κ2) is 9.90. The molecule has 1 saturated heterocycles. The Morgan fingerprint density at radius 3 is 2.04 bits per heavy atom. The first-order chi connectivity index (χ1) is 13.6. The van der Waals surface area contributed by atoms with Gasteiger partial charge in [0, 0.05) is 23.5 Å². The predicted molar refractivity (Wildman–Crippen MR) is 114 cm³/mol. The molecule has 0 spiro atoms. The van der Waals surface area contributed by atoms with Crippen molar-refractivity contribution >= 4 is 29.0 Å². The lowest BCUT2D eigenvalue weighted by molar-refractivity contribution is -0.117. The van der Waals surface area contributed by atoms with Gasteiger partial charge >= 0.3 is 6.03 Å². The summed E-state index contributed by atoms with van der Waals surface area (Å²) < 4.78 is 0. The molecule has 6 heteroatoms. The van der Waals surface area contributed by atoms with E-state index in [9.17, 15) is 9.59 Å². The minimum atomic E-state index is -0.307. The van der Waals surface area contributed by atoms with Crippen LogP contribution in [0.2, 0.25) is 0 Å². The van der Waals surface area contributed by atoms with Crippen molar-refractivity contribution in [3.05, 3.63) is 54.6 Å². The van der Waals surface area contributed by atoms with Gasteiger partial charge in [-0.2, -0.15) is 0 Å². The van der Waals surface area contributed by atoms with Gasteiger partial charge < -0.3 is 21.3 Å². The molecular formula is C22H28N4O2. The van der Waals surface area contributed by atoms with Crippen LogP contribution in [-0.2, 0) is 4.79 Å². The number of piperidine rings is 1. The fourth-order valence-corrected chi connectivity index (χ4v) is 3.54. The van der Waals surface area contributed by atoms with E-state index in [1.54, 1.807) is 24.3 Å². The van der Waals surface area contributed by atoms with E-state index in [0.717, 1.165) is 37.3 Å². The number of rotatable bonds is 6. The molecule has 0 bridgehead atoms. The van der Waals surface area contributed by atoms with Gasteiger partial charge in [0.25, 0.3) is 0 Å². The van der Waals surface area contributed by atoms with Gasteiger partial charge in [-0.3, -0.25) is 4.79 Å². The number of para-hydroxylation sites is 1. The van der Waals surface area contributed by atoms with Crippen molar-refractivity contribution in [2.24, 2.45) is 11.8 Å². The van der Waals surface area contributed by atoms with Crippen molar-refractivity contribution in [1.82, 2.24) is 5.32 Å². The number of hydrogen-bond donors (Lipinski definition) is 4. The van der Waals surface area contributed by atoms with Gasteiger partial charge in [-0.05, 0) is 74.2 Å². The number of anilines is 3. The van der Waals surface area contributed by atoms with Crippen LogP contribution >= 0.6 is 0 Å². The van der Waals surface area contributed by atoms with E-state index in [4.69, 9.17) is 0 Å². The Hall–Kier alpha value is -2.86. The predicted octanol–water partition coefficient (Wildman–Crippen LogP) is 4.29. The van der Waals surface area contributed by atoms with Crippen molar-refractivity contribution < 1.29 is 9.59 Å². The average Bonchev–Trinajstić information content (AvgIpc) is 2.71. The van der Waals surface area contributed by atoms with Crippen LogP contribution in [0.5, 0.6) is 0 Å². The summed E-state index contributed by atoms with van der Waals surface area (Å²) in [6, 6.07) is 16.1. The van der Waals surface area contributed by atoms with Crippen molar-refractivity contribution in [1.29, 1.82) is 0 Å². The molecule has 2 aromatic carbocycles. The molecule has 1 aliphatic heterocycles. The molecule has 0 radical (unpaired) electrons. The van der Waals surface area contributed by atoms with Crippen molar-refractivity contribution in [3.63, 3.8) is 0 Å². The van der Waals surface area contributed by atoms with Gasteiger partial charge in [0.05, 0.1) is 0 Å². The Labute approximate surface area is 166 Å². The zero-order chi connectivity index (χ0) is 19.8. The molecule has 0 saturated carbocycles. The number of amides is 3. The average molecular weight is 380 g/mol. The lowest BCUT2D eigenvalue weighted by Crippen LogP contribution is -2.32. The second-order valence-electron chi connectivity index (χ2n) is 7.34. The van der Waals surface area contributed by atoms with Crippen molar-refractivity contribution in [2.45, 2.75) is 26.2 Å². The molecule has 1 unspecified atom stereocenters. The van der Waals surface area contributed by atoms with Gasteiger partial charge in [0.1, 0.15) is 0 Å². The van der Waals surface area contributed by atoms with E-state index < -0.39 is 0 Å². The standard InChI is InChI=1S/C22H28N4O2/c1-16(17-11-13-23-14-12-17)15-21(27)24-19-7-9-20(10-8-19)26-22(28)25-18-5-3-2-4-6-18/h2-10,16-17,23H,11-15H2,1H3,(H,24,27)(H2,25,26,28). The van der Waals surface area contributed by atoms with Crippen LogP contribution in [0.1, 0.15) is 26.2 Å². The van der Waals surface area contributed by atoms with Crippen LogP contribution in [0, 0.1) is 11.8 Å². The van der Waals surface area contributed by atoms with Crippen molar-refractivity contribution in [3.8, 4) is 0 Å². The fourth-order valence-electron chi connectivity index (χ4n) is 3.54. The second-order valence-corrected chi connectivity index (χ2v) is 7.34. The molecule has 148 valence electrons. The van der Waals surface area contributed by atoms with E-state index in [-0.39, 0.29) is 11.9 Å². The number of urea groups is 1. The third-order valence-corrected chi connectivity index (χ3v) is 5.15. The number of benzene rings is 2. The lowest BCUT2D eigenvalue weighted by atomic mass is 9.84. The zero-order valence-electron chi connectivity index (χ0n) is 16.2. The molecule has 3 amide bonds. The fraction of sp³-hybridized carbons (Fsp3) is 0.364. The molecule has 3 rings (SSSR count). The molecule has 4 N–H and O–H groups in total. The Balaban J connectivity index is 1.45. The van der Waals surface area contributed by atoms with Crippen LogP contribution in [-0.4, -0.2) is 25.0 Å². The van der Waals surface area contributed by atoms with Crippen LogP contribution in [0.4, 0.5) is 21.9 Å². The van der Waals surface area contributed by atoms with Crippen LogP contribution in [0.3, 0.4) is 0 Å². The molecule has 1 heterocycles. The van der Waals surface area contributed by atoms with Crippen LogP contribution in [0.15, 0.2) is 54.6 Å². The van der Waals surface area contributed by atoms with E-state index in [0.29, 0.717) is 23.9 Å². The summed E-state index contributed by atoms with van der Waals surface area (Å²) in [5.74, 6) is 1.03. The molecule has 28 heavy (non-hydrogen) atoms. The summed E-state index contributed by atoms with van der Waals surface area (Å²) in [5.41, 5.74) is 2.12. The first-order valence-corrected chi connectivity index (χ1v) is 9.84. The smallest absolute Gasteiger partial charge is 0.323 e.